The van der Waals surface area contributed by atoms with Crippen LogP contribution in [0.15, 0.2) is 0 Å². The second kappa shape index (κ2) is 4.30. The third-order valence-corrected chi connectivity index (χ3v) is 5.16. The van der Waals surface area contributed by atoms with Crippen molar-refractivity contribution in [3.05, 3.63) is 34.4 Å². The molecule has 0 saturated heterocycles. The molecule has 4 rings (SSSR count). The van der Waals surface area contributed by atoms with Crippen molar-refractivity contribution in [2.75, 3.05) is 0 Å². The average molecular weight is 313 g/mol. The molecular weight excluding hydrogens is 302 g/mol. The van der Waals surface area contributed by atoms with Crippen molar-refractivity contribution in [2.45, 2.75) is 31.7 Å². The number of benzene rings is 1. The summed E-state index contributed by atoms with van der Waals surface area (Å²) in [6, 6.07) is -0.434. The molecule has 3 atom stereocenters. The van der Waals surface area contributed by atoms with Gasteiger partial charge in [0, 0.05) is 6.04 Å². The standard InChI is InChI=1S/C15H11F4NO2/c16-10-8-9(11(17)13(19)12(10)18)15(22)20(14(8)21)7-4-5-1-2-6(7)3-5/h5-7H,1-4H2/t5-,6?,7?/m1/s1. The maximum Gasteiger partial charge on any atom is 0.265 e. The van der Waals surface area contributed by atoms with Crippen LogP contribution >= 0.6 is 0 Å². The molecule has 1 aromatic carbocycles. The molecule has 22 heavy (non-hydrogen) atoms. The summed E-state index contributed by atoms with van der Waals surface area (Å²) in [5.74, 6) is -9.34. The van der Waals surface area contributed by atoms with E-state index in [0.717, 1.165) is 24.2 Å². The molecule has 2 aliphatic carbocycles. The Balaban J connectivity index is 1.84. The molecule has 2 amide bonds. The third-order valence-electron chi connectivity index (χ3n) is 5.16. The lowest BCUT2D eigenvalue weighted by Crippen LogP contribution is -2.43. The SMILES string of the molecule is O=C1c2c(F)c(F)c(F)c(F)c2C(=O)N1C1C[C@@H]2CCC1C2. The van der Waals surface area contributed by atoms with E-state index in [1.54, 1.807) is 0 Å². The van der Waals surface area contributed by atoms with Crippen molar-refractivity contribution >= 4 is 11.8 Å². The highest BCUT2D eigenvalue weighted by Crippen LogP contribution is 2.48. The minimum atomic E-state index is -2.06. The number of carbonyl (C=O) groups is 2. The summed E-state index contributed by atoms with van der Waals surface area (Å²) < 4.78 is 54.3. The van der Waals surface area contributed by atoms with E-state index in [2.05, 4.69) is 0 Å². The number of rotatable bonds is 1. The molecule has 1 aromatic rings. The fourth-order valence-corrected chi connectivity index (χ4v) is 4.20. The van der Waals surface area contributed by atoms with Crippen molar-refractivity contribution < 1.29 is 27.2 Å². The summed E-state index contributed by atoms with van der Waals surface area (Å²) in [7, 11) is 0. The van der Waals surface area contributed by atoms with Crippen molar-refractivity contribution in [3.63, 3.8) is 0 Å². The van der Waals surface area contributed by atoms with Crippen LogP contribution in [0.1, 0.15) is 46.4 Å². The highest BCUT2D eigenvalue weighted by Gasteiger charge is 2.52. The van der Waals surface area contributed by atoms with E-state index in [0.29, 0.717) is 12.3 Å². The smallest absolute Gasteiger partial charge is 0.265 e. The number of fused-ring (bicyclic) bond motifs is 3. The van der Waals surface area contributed by atoms with Gasteiger partial charge in [-0.15, -0.1) is 0 Å². The van der Waals surface area contributed by atoms with Gasteiger partial charge in [-0.3, -0.25) is 14.5 Å². The van der Waals surface area contributed by atoms with Crippen LogP contribution in [-0.2, 0) is 0 Å². The number of nitrogens with zero attached hydrogens (tertiary/aromatic N) is 1. The summed E-state index contributed by atoms with van der Waals surface area (Å²) in [5.41, 5.74) is -1.96. The molecule has 1 heterocycles. The van der Waals surface area contributed by atoms with Gasteiger partial charge in [-0.25, -0.2) is 17.6 Å². The Hall–Kier alpha value is -1.92. The lowest BCUT2D eigenvalue weighted by atomic mass is 9.94. The molecule has 0 spiro atoms. The van der Waals surface area contributed by atoms with Gasteiger partial charge in [-0.05, 0) is 31.1 Å². The van der Waals surface area contributed by atoms with Gasteiger partial charge in [-0.2, -0.15) is 0 Å². The predicted molar refractivity (Wildman–Crippen MR) is 66.0 cm³/mol. The van der Waals surface area contributed by atoms with Gasteiger partial charge in [0.1, 0.15) is 0 Å². The first-order valence-corrected chi connectivity index (χ1v) is 7.15. The molecule has 2 unspecified atom stereocenters. The van der Waals surface area contributed by atoms with Crippen LogP contribution in [0.25, 0.3) is 0 Å². The van der Waals surface area contributed by atoms with Gasteiger partial charge in [-0.1, -0.05) is 6.42 Å². The first-order chi connectivity index (χ1) is 10.4. The first-order valence-electron chi connectivity index (χ1n) is 7.15. The lowest BCUT2D eigenvalue weighted by molar-refractivity contribution is 0.0527. The molecule has 0 aromatic heterocycles. The highest BCUT2D eigenvalue weighted by atomic mass is 19.2. The van der Waals surface area contributed by atoms with E-state index >= 15 is 0 Å². The van der Waals surface area contributed by atoms with Gasteiger partial charge in [0.05, 0.1) is 11.1 Å². The zero-order valence-electron chi connectivity index (χ0n) is 11.3. The fourth-order valence-electron chi connectivity index (χ4n) is 4.20. The molecule has 2 fully saturated rings. The van der Waals surface area contributed by atoms with Crippen LogP contribution in [0.3, 0.4) is 0 Å². The summed E-state index contributed by atoms with van der Waals surface area (Å²) in [6.45, 7) is 0. The molecular formula is C15H11F4NO2. The van der Waals surface area contributed by atoms with Crippen LogP contribution in [0.5, 0.6) is 0 Å². The second-order valence-electron chi connectivity index (χ2n) is 6.23. The monoisotopic (exact) mass is 313 g/mol. The van der Waals surface area contributed by atoms with Crippen LogP contribution in [-0.4, -0.2) is 22.8 Å². The third kappa shape index (κ3) is 1.51. The maximum absolute atomic E-state index is 13.8. The van der Waals surface area contributed by atoms with Crippen molar-refractivity contribution in [1.82, 2.24) is 4.90 Å². The largest absolute Gasteiger partial charge is 0.271 e. The Kier molecular flexibility index (Phi) is 2.68. The zero-order chi connectivity index (χ0) is 15.8. The van der Waals surface area contributed by atoms with Crippen LogP contribution < -0.4 is 0 Å². The Labute approximate surface area is 122 Å². The zero-order valence-corrected chi connectivity index (χ0v) is 11.3. The molecule has 2 saturated carbocycles. The number of hydrogen-bond donors (Lipinski definition) is 0. The first kappa shape index (κ1) is 13.7. The maximum atomic E-state index is 13.8. The van der Waals surface area contributed by atoms with E-state index in [9.17, 15) is 27.2 Å². The molecule has 0 radical (unpaired) electrons. The minimum absolute atomic E-state index is 0.105. The predicted octanol–water partition coefficient (Wildman–Crippen LogP) is 3.03. The van der Waals surface area contributed by atoms with Gasteiger partial charge >= 0.3 is 0 Å². The lowest BCUT2D eigenvalue weighted by Gasteiger charge is -2.29. The Morgan fingerprint density at radius 2 is 1.32 bits per heavy atom. The Morgan fingerprint density at radius 1 is 0.773 bits per heavy atom. The molecule has 1 aliphatic heterocycles. The number of hydrogen-bond acceptors (Lipinski definition) is 2. The van der Waals surface area contributed by atoms with Crippen LogP contribution in [0.2, 0.25) is 0 Å². The van der Waals surface area contributed by atoms with Crippen LogP contribution in [0.4, 0.5) is 17.6 Å². The quantitative estimate of drug-likeness (QED) is 0.346. The van der Waals surface area contributed by atoms with Crippen molar-refractivity contribution in [3.8, 4) is 0 Å². The van der Waals surface area contributed by atoms with Gasteiger partial charge in [0.25, 0.3) is 11.8 Å². The van der Waals surface area contributed by atoms with Crippen molar-refractivity contribution in [2.24, 2.45) is 11.8 Å². The number of halogens is 4. The van der Waals surface area contributed by atoms with E-state index in [4.69, 9.17) is 0 Å². The van der Waals surface area contributed by atoms with E-state index in [1.807, 2.05) is 0 Å². The molecule has 0 N–H and O–H groups in total. The van der Waals surface area contributed by atoms with E-state index in [-0.39, 0.29) is 5.92 Å². The Bertz CT molecular complexity index is 686. The molecule has 3 aliphatic rings. The minimum Gasteiger partial charge on any atom is -0.271 e. The normalized spacial score (nSPS) is 29.6. The van der Waals surface area contributed by atoms with Gasteiger partial charge < -0.3 is 0 Å². The van der Waals surface area contributed by atoms with E-state index in [1.165, 1.54) is 0 Å². The highest BCUT2D eigenvalue weighted by molar-refractivity contribution is 6.21. The second-order valence-corrected chi connectivity index (χ2v) is 6.23. The summed E-state index contributed by atoms with van der Waals surface area (Å²) in [4.78, 5) is 25.4. The van der Waals surface area contributed by atoms with Gasteiger partial charge in [0.2, 0.25) is 0 Å². The number of carbonyl (C=O) groups excluding carboxylic acids is 2. The Morgan fingerprint density at radius 3 is 1.73 bits per heavy atom. The molecule has 2 bridgehead atoms. The average Bonchev–Trinajstić information content (AvgIpc) is 3.16. The van der Waals surface area contributed by atoms with Crippen LogP contribution in [0, 0.1) is 35.1 Å². The molecule has 7 heteroatoms. The number of amides is 2. The van der Waals surface area contributed by atoms with Crippen molar-refractivity contribution in [1.29, 1.82) is 0 Å². The topological polar surface area (TPSA) is 37.4 Å². The summed E-state index contributed by atoms with van der Waals surface area (Å²) in [5, 5.41) is 0. The van der Waals surface area contributed by atoms with E-state index < -0.39 is 52.3 Å². The molecule has 3 nitrogen and oxygen atoms in total. The fraction of sp³-hybridized carbons (Fsp3) is 0.467. The summed E-state index contributed by atoms with van der Waals surface area (Å²) in [6.07, 6.45) is 3.31. The number of imide groups is 1. The van der Waals surface area contributed by atoms with Gasteiger partial charge in [0.15, 0.2) is 23.3 Å². The summed E-state index contributed by atoms with van der Waals surface area (Å²) >= 11 is 0. The molecule has 116 valence electrons.